The van der Waals surface area contributed by atoms with E-state index in [2.05, 4.69) is 11.1 Å². The second-order valence-corrected chi connectivity index (χ2v) is 5.24. The van der Waals surface area contributed by atoms with Gasteiger partial charge in [0.15, 0.2) is 0 Å². The monoisotopic (exact) mass is 301 g/mol. The minimum absolute atomic E-state index is 0.125. The maximum atomic E-state index is 12.7. The Kier molecular flexibility index (Phi) is 4.77. The summed E-state index contributed by atoms with van der Waals surface area (Å²) in [5.41, 5.74) is 0.516. The van der Waals surface area contributed by atoms with Crippen molar-refractivity contribution < 1.29 is 4.79 Å². The topological polar surface area (TPSA) is 57.0 Å². The Morgan fingerprint density at radius 1 is 1.43 bits per heavy atom. The van der Waals surface area contributed by atoms with Crippen molar-refractivity contribution in [3.8, 4) is 6.07 Å². The second-order valence-electron chi connectivity index (χ2n) is 4.88. The van der Waals surface area contributed by atoms with Crippen LogP contribution in [-0.2, 0) is 0 Å². The molecule has 0 aliphatic carbocycles. The summed E-state index contributed by atoms with van der Waals surface area (Å²) in [5.74, 6) is -0.333. The highest BCUT2D eigenvalue weighted by molar-refractivity contribution is 6.34. The van der Waals surface area contributed by atoms with Gasteiger partial charge in [-0.15, -0.1) is 0 Å². The summed E-state index contributed by atoms with van der Waals surface area (Å²) in [7, 11) is 0. The van der Waals surface area contributed by atoms with Crippen LogP contribution in [0.1, 0.15) is 24.2 Å². The van der Waals surface area contributed by atoms with Crippen LogP contribution in [0.25, 0.3) is 10.8 Å². The predicted molar refractivity (Wildman–Crippen MR) is 83.1 cm³/mol. The molecule has 0 saturated heterocycles. The lowest BCUT2D eigenvalue weighted by Crippen LogP contribution is -2.34. The van der Waals surface area contributed by atoms with Crippen molar-refractivity contribution in [3.05, 3.63) is 41.2 Å². The highest BCUT2D eigenvalue weighted by Gasteiger charge is 2.19. The lowest BCUT2D eigenvalue weighted by Gasteiger charge is -2.22. The Morgan fingerprint density at radius 3 is 2.71 bits per heavy atom. The molecule has 0 fully saturated rings. The van der Waals surface area contributed by atoms with Gasteiger partial charge in [0.1, 0.15) is 5.15 Å². The van der Waals surface area contributed by atoms with Gasteiger partial charge in [-0.05, 0) is 19.2 Å². The predicted octanol–water partition coefficient (Wildman–Crippen LogP) is 3.51. The molecule has 0 aliphatic heterocycles. The number of carbonyl (C=O) groups excluding carboxylic acids is 1. The zero-order valence-electron chi connectivity index (χ0n) is 12.0. The van der Waals surface area contributed by atoms with E-state index in [4.69, 9.17) is 16.9 Å². The number of hydrogen-bond acceptors (Lipinski definition) is 3. The molecule has 1 amide bonds. The largest absolute Gasteiger partial charge is 0.338 e. The first-order valence-electron chi connectivity index (χ1n) is 6.80. The summed E-state index contributed by atoms with van der Waals surface area (Å²) in [5, 5.41) is 10.8. The van der Waals surface area contributed by atoms with E-state index in [1.807, 2.05) is 31.2 Å². The van der Waals surface area contributed by atoms with Gasteiger partial charge in [-0.25, -0.2) is 4.98 Å². The lowest BCUT2D eigenvalue weighted by atomic mass is 10.1. The van der Waals surface area contributed by atoms with E-state index in [-0.39, 0.29) is 11.8 Å². The van der Waals surface area contributed by atoms with E-state index in [0.29, 0.717) is 23.8 Å². The summed E-state index contributed by atoms with van der Waals surface area (Å²) in [4.78, 5) is 18.4. The molecule has 0 N–H and O–H groups in total. The van der Waals surface area contributed by atoms with Gasteiger partial charge in [0.25, 0.3) is 5.91 Å². The van der Waals surface area contributed by atoms with Gasteiger partial charge < -0.3 is 4.90 Å². The normalized spacial score (nSPS) is 11.9. The van der Waals surface area contributed by atoms with Crippen molar-refractivity contribution in [1.29, 1.82) is 5.26 Å². The van der Waals surface area contributed by atoms with E-state index in [1.165, 1.54) is 6.20 Å². The maximum Gasteiger partial charge on any atom is 0.256 e. The van der Waals surface area contributed by atoms with E-state index in [0.717, 1.165) is 10.8 Å². The summed E-state index contributed by atoms with van der Waals surface area (Å²) in [6.45, 7) is 4.65. The van der Waals surface area contributed by atoms with Gasteiger partial charge in [0.2, 0.25) is 0 Å². The lowest BCUT2D eigenvalue weighted by molar-refractivity contribution is 0.0754. The fourth-order valence-electron chi connectivity index (χ4n) is 2.23. The first-order chi connectivity index (χ1) is 10.1. The number of pyridine rings is 1. The average Bonchev–Trinajstić information content (AvgIpc) is 2.52. The SMILES string of the molecule is CCN(CC(C)C#N)C(=O)c1cnc(Cl)c2ccccc12. The molecule has 2 rings (SSSR count). The van der Waals surface area contributed by atoms with Crippen molar-refractivity contribution in [3.63, 3.8) is 0 Å². The molecule has 0 aliphatic rings. The minimum atomic E-state index is -0.208. The highest BCUT2D eigenvalue weighted by atomic mass is 35.5. The second kappa shape index (κ2) is 6.55. The van der Waals surface area contributed by atoms with Crippen LogP contribution in [0.5, 0.6) is 0 Å². The maximum absolute atomic E-state index is 12.7. The molecule has 1 atom stereocenters. The van der Waals surface area contributed by atoms with Crippen molar-refractivity contribution in [2.24, 2.45) is 5.92 Å². The Hall–Kier alpha value is -2.12. The van der Waals surface area contributed by atoms with Crippen LogP contribution in [0, 0.1) is 17.2 Å². The summed E-state index contributed by atoms with van der Waals surface area (Å²) < 4.78 is 0. The number of nitrogens with zero attached hydrogens (tertiary/aromatic N) is 3. The van der Waals surface area contributed by atoms with Crippen molar-refractivity contribution in [2.45, 2.75) is 13.8 Å². The number of halogens is 1. The molecule has 1 unspecified atom stereocenters. The molecule has 0 bridgehead atoms. The number of hydrogen-bond donors (Lipinski definition) is 0. The molecule has 21 heavy (non-hydrogen) atoms. The standard InChI is InChI=1S/C16H16ClN3O/c1-3-20(10-11(2)8-18)16(21)14-9-19-15(17)13-7-5-4-6-12(13)14/h4-7,9,11H,3,10H2,1-2H3. The molecule has 4 nitrogen and oxygen atoms in total. The number of fused-ring (bicyclic) bond motifs is 1. The van der Waals surface area contributed by atoms with E-state index < -0.39 is 0 Å². The van der Waals surface area contributed by atoms with E-state index in [1.54, 1.807) is 11.8 Å². The Morgan fingerprint density at radius 2 is 2.10 bits per heavy atom. The molecule has 108 valence electrons. The molecule has 0 radical (unpaired) electrons. The number of nitriles is 1. The van der Waals surface area contributed by atoms with Crippen molar-refractivity contribution in [2.75, 3.05) is 13.1 Å². The number of aromatic nitrogens is 1. The Balaban J connectivity index is 2.44. The first-order valence-corrected chi connectivity index (χ1v) is 7.18. The van der Waals surface area contributed by atoms with Crippen LogP contribution in [0.4, 0.5) is 0 Å². The third-order valence-corrected chi connectivity index (χ3v) is 3.66. The van der Waals surface area contributed by atoms with Gasteiger partial charge in [-0.1, -0.05) is 35.9 Å². The fraction of sp³-hybridized carbons (Fsp3) is 0.312. The van der Waals surface area contributed by atoms with Crippen LogP contribution < -0.4 is 0 Å². The Bertz CT molecular complexity index is 708. The third kappa shape index (κ3) is 3.14. The number of benzene rings is 1. The Labute approximate surface area is 129 Å². The van der Waals surface area contributed by atoms with Gasteiger partial charge in [0, 0.05) is 24.7 Å². The molecule has 1 aromatic heterocycles. The highest BCUT2D eigenvalue weighted by Crippen LogP contribution is 2.25. The van der Waals surface area contributed by atoms with Crippen molar-refractivity contribution >= 4 is 28.3 Å². The summed E-state index contributed by atoms with van der Waals surface area (Å²) >= 11 is 6.07. The molecule has 1 aromatic carbocycles. The molecule has 0 spiro atoms. The van der Waals surface area contributed by atoms with Gasteiger partial charge in [0.05, 0.1) is 17.6 Å². The molecule has 0 saturated carbocycles. The molecule has 5 heteroatoms. The van der Waals surface area contributed by atoms with Crippen LogP contribution >= 0.6 is 11.6 Å². The van der Waals surface area contributed by atoms with Crippen LogP contribution in [0.2, 0.25) is 5.15 Å². The van der Waals surface area contributed by atoms with Gasteiger partial charge in [-0.2, -0.15) is 5.26 Å². The molecule has 1 heterocycles. The smallest absolute Gasteiger partial charge is 0.256 e. The molecule has 2 aromatic rings. The van der Waals surface area contributed by atoms with Gasteiger partial charge >= 0.3 is 0 Å². The molecular weight excluding hydrogens is 286 g/mol. The summed E-state index contributed by atoms with van der Waals surface area (Å²) in [6, 6.07) is 9.58. The number of amides is 1. The first kappa shape index (κ1) is 15.3. The van der Waals surface area contributed by atoms with Crippen LogP contribution in [-0.4, -0.2) is 28.9 Å². The number of carbonyl (C=O) groups is 1. The van der Waals surface area contributed by atoms with E-state index in [9.17, 15) is 4.79 Å². The molecular formula is C16H16ClN3O. The third-order valence-electron chi connectivity index (χ3n) is 3.36. The fourth-order valence-corrected chi connectivity index (χ4v) is 2.44. The zero-order valence-corrected chi connectivity index (χ0v) is 12.8. The quantitative estimate of drug-likeness (QED) is 0.812. The minimum Gasteiger partial charge on any atom is -0.338 e. The zero-order chi connectivity index (χ0) is 15.4. The average molecular weight is 302 g/mol. The van der Waals surface area contributed by atoms with E-state index >= 15 is 0 Å². The van der Waals surface area contributed by atoms with Crippen LogP contribution in [0.15, 0.2) is 30.5 Å². The summed E-state index contributed by atoms with van der Waals surface area (Å²) in [6.07, 6.45) is 1.51. The van der Waals surface area contributed by atoms with Crippen LogP contribution in [0.3, 0.4) is 0 Å². The van der Waals surface area contributed by atoms with Crippen molar-refractivity contribution in [1.82, 2.24) is 9.88 Å². The van der Waals surface area contributed by atoms with Gasteiger partial charge in [-0.3, -0.25) is 4.79 Å². The number of rotatable bonds is 4.